The zero-order valence-electron chi connectivity index (χ0n) is 10.4. The minimum absolute atomic E-state index is 0.128. The first-order chi connectivity index (χ1) is 7.67. The van der Waals surface area contributed by atoms with E-state index in [1.165, 1.54) is 12.8 Å². The summed E-state index contributed by atoms with van der Waals surface area (Å²) in [6, 6.07) is 2.05. The number of nitrogens with zero attached hydrogens (tertiary/aromatic N) is 2. The lowest BCUT2D eigenvalue weighted by atomic mass is 9.96. The Kier molecular flexibility index (Phi) is 5.35. The second-order valence-electron chi connectivity index (χ2n) is 4.38. The van der Waals surface area contributed by atoms with E-state index in [1.807, 2.05) is 13.0 Å². The summed E-state index contributed by atoms with van der Waals surface area (Å²) in [5.41, 5.74) is 3.83. The van der Waals surface area contributed by atoms with Gasteiger partial charge in [-0.1, -0.05) is 26.7 Å². The molecule has 2 atom stereocenters. The third-order valence-corrected chi connectivity index (χ3v) is 2.78. The Hall–Kier alpha value is -1.00. The van der Waals surface area contributed by atoms with Gasteiger partial charge in [-0.15, -0.1) is 0 Å². The van der Waals surface area contributed by atoms with Crippen LogP contribution in [0.25, 0.3) is 0 Å². The van der Waals surface area contributed by atoms with Crippen molar-refractivity contribution >= 4 is 0 Å². The summed E-state index contributed by atoms with van der Waals surface area (Å²) in [6.45, 7) is 6.35. The molecule has 4 nitrogen and oxygen atoms in total. The van der Waals surface area contributed by atoms with E-state index in [0.29, 0.717) is 5.92 Å². The van der Waals surface area contributed by atoms with Crippen LogP contribution in [-0.2, 0) is 0 Å². The highest BCUT2D eigenvalue weighted by Crippen LogP contribution is 2.21. The van der Waals surface area contributed by atoms with Crippen LogP contribution < -0.4 is 11.3 Å². The van der Waals surface area contributed by atoms with Gasteiger partial charge >= 0.3 is 0 Å². The van der Waals surface area contributed by atoms with Gasteiger partial charge in [0.25, 0.3) is 0 Å². The van der Waals surface area contributed by atoms with E-state index in [9.17, 15) is 0 Å². The fourth-order valence-electron chi connectivity index (χ4n) is 1.96. The first kappa shape index (κ1) is 13.1. The topological polar surface area (TPSA) is 63.8 Å². The molecular formula is C12H22N4. The first-order valence-corrected chi connectivity index (χ1v) is 5.93. The quantitative estimate of drug-likeness (QED) is 0.571. The van der Waals surface area contributed by atoms with Crippen LogP contribution in [0.5, 0.6) is 0 Å². The minimum Gasteiger partial charge on any atom is -0.271 e. The largest absolute Gasteiger partial charge is 0.271 e. The van der Waals surface area contributed by atoms with E-state index >= 15 is 0 Å². The van der Waals surface area contributed by atoms with Gasteiger partial charge in [0.05, 0.1) is 11.7 Å². The van der Waals surface area contributed by atoms with Gasteiger partial charge in [-0.2, -0.15) is 0 Å². The van der Waals surface area contributed by atoms with E-state index in [-0.39, 0.29) is 6.04 Å². The average molecular weight is 222 g/mol. The van der Waals surface area contributed by atoms with Crippen molar-refractivity contribution < 1.29 is 0 Å². The number of aryl methyl sites for hydroxylation is 1. The Labute approximate surface area is 97.7 Å². The van der Waals surface area contributed by atoms with E-state index in [0.717, 1.165) is 17.9 Å². The Balaban J connectivity index is 2.67. The smallest absolute Gasteiger partial charge is 0.125 e. The predicted molar refractivity (Wildman–Crippen MR) is 65.5 cm³/mol. The maximum Gasteiger partial charge on any atom is 0.125 e. The van der Waals surface area contributed by atoms with Gasteiger partial charge in [-0.25, -0.2) is 9.97 Å². The van der Waals surface area contributed by atoms with Crippen LogP contribution in [0, 0.1) is 12.8 Å². The van der Waals surface area contributed by atoms with Crippen molar-refractivity contribution in [1.82, 2.24) is 15.4 Å². The Bertz CT molecular complexity index is 314. The summed E-state index contributed by atoms with van der Waals surface area (Å²) in [5, 5.41) is 0. The van der Waals surface area contributed by atoms with Crippen molar-refractivity contribution in [3.63, 3.8) is 0 Å². The van der Waals surface area contributed by atoms with Crippen molar-refractivity contribution in [1.29, 1.82) is 0 Å². The van der Waals surface area contributed by atoms with Gasteiger partial charge in [0.2, 0.25) is 0 Å². The van der Waals surface area contributed by atoms with Gasteiger partial charge in [0.15, 0.2) is 0 Å². The lowest BCUT2D eigenvalue weighted by Crippen LogP contribution is -2.30. The number of hydrazine groups is 1. The van der Waals surface area contributed by atoms with Crippen molar-refractivity contribution in [2.24, 2.45) is 11.8 Å². The van der Waals surface area contributed by atoms with Gasteiger partial charge in [0.1, 0.15) is 5.82 Å². The van der Waals surface area contributed by atoms with Crippen LogP contribution in [0.15, 0.2) is 12.3 Å². The molecule has 1 rings (SSSR count). The van der Waals surface area contributed by atoms with Gasteiger partial charge in [0, 0.05) is 6.20 Å². The van der Waals surface area contributed by atoms with Crippen LogP contribution in [0.2, 0.25) is 0 Å². The third-order valence-electron chi connectivity index (χ3n) is 2.78. The SMILES string of the molecule is CCCC(C)CC(NN)c1ccnc(C)n1. The molecule has 16 heavy (non-hydrogen) atoms. The molecule has 0 aromatic carbocycles. The predicted octanol–water partition coefficient (Wildman–Crippen LogP) is 2.12. The molecule has 0 amide bonds. The van der Waals surface area contributed by atoms with E-state index in [4.69, 9.17) is 5.84 Å². The van der Waals surface area contributed by atoms with Gasteiger partial charge in [-0.05, 0) is 25.3 Å². The second-order valence-corrected chi connectivity index (χ2v) is 4.38. The van der Waals surface area contributed by atoms with Crippen LogP contribution in [-0.4, -0.2) is 9.97 Å². The second kappa shape index (κ2) is 6.55. The molecule has 0 bridgehead atoms. The van der Waals surface area contributed by atoms with Crippen molar-refractivity contribution in [2.45, 2.75) is 46.1 Å². The fraction of sp³-hybridized carbons (Fsp3) is 0.667. The highest BCUT2D eigenvalue weighted by molar-refractivity contribution is 5.07. The fourth-order valence-corrected chi connectivity index (χ4v) is 1.96. The molecule has 0 aliphatic rings. The Morgan fingerprint density at radius 3 is 2.81 bits per heavy atom. The highest BCUT2D eigenvalue weighted by atomic mass is 15.2. The van der Waals surface area contributed by atoms with Gasteiger partial charge in [-0.3, -0.25) is 11.3 Å². The number of nitrogens with two attached hydrogens (primary N) is 1. The molecule has 0 radical (unpaired) electrons. The molecule has 0 aliphatic carbocycles. The highest BCUT2D eigenvalue weighted by Gasteiger charge is 2.14. The normalized spacial score (nSPS) is 14.8. The summed E-state index contributed by atoms with van der Waals surface area (Å²) >= 11 is 0. The summed E-state index contributed by atoms with van der Waals surface area (Å²) in [7, 11) is 0. The molecule has 1 aromatic heterocycles. The Morgan fingerprint density at radius 2 is 2.25 bits per heavy atom. The molecule has 1 aromatic rings. The zero-order chi connectivity index (χ0) is 12.0. The minimum atomic E-state index is 0.128. The van der Waals surface area contributed by atoms with Crippen molar-refractivity contribution in [2.75, 3.05) is 0 Å². The number of rotatable bonds is 6. The van der Waals surface area contributed by atoms with Crippen LogP contribution in [0.1, 0.15) is 50.7 Å². The lowest BCUT2D eigenvalue weighted by Gasteiger charge is -2.19. The molecule has 4 heteroatoms. The number of hydrogen-bond donors (Lipinski definition) is 2. The summed E-state index contributed by atoms with van der Waals surface area (Å²) < 4.78 is 0. The maximum absolute atomic E-state index is 5.59. The third kappa shape index (κ3) is 3.87. The number of nitrogens with one attached hydrogen (secondary N) is 1. The van der Waals surface area contributed by atoms with E-state index in [1.54, 1.807) is 6.20 Å². The zero-order valence-corrected chi connectivity index (χ0v) is 10.4. The van der Waals surface area contributed by atoms with Crippen LogP contribution >= 0.6 is 0 Å². The summed E-state index contributed by atoms with van der Waals surface area (Å²) in [5.74, 6) is 7.04. The molecule has 1 heterocycles. The molecular weight excluding hydrogens is 200 g/mol. The monoisotopic (exact) mass is 222 g/mol. The molecule has 0 aliphatic heterocycles. The first-order valence-electron chi connectivity index (χ1n) is 5.93. The molecule has 0 saturated carbocycles. The summed E-state index contributed by atoms with van der Waals surface area (Å²) in [4.78, 5) is 8.50. The van der Waals surface area contributed by atoms with Crippen molar-refractivity contribution in [3.8, 4) is 0 Å². The lowest BCUT2D eigenvalue weighted by molar-refractivity contribution is 0.388. The summed E-state index contributed by atoms with van der Waals surface area (Å²) in [6.07, 6.45) is 5.23. The van der Waals surface area contributed by atoms with E-state index in [2.05, 4.69) is 29.2 Å². The maximum atomic E-state index is 5.59. The van der Waals surface area contributed by atoms with Gasteiger partial charge < -0.3 is 0 Å². The molecule has 3 N–H and O–H groups in total. The van der Waals surface area contributed by atoms with Crippen molar-refractivity contribution in [3.05, 3.63) is 23.8 Å². The van der Waals surface area contributed by atoms with Crippen LogP contribution in [0.3, 0.4) is 0 Å². The molecule has 90 valence electrons. The van der Waals surface area contributed by atoms with Crippen LogP contribution in [0.4, 0.5) is 0 Å². The molecule has 0 fully saturated rings. The Morgan fingerprint density at radius 1 is 1.50 bits per heavy atom. The average Bonchev–Trinajstić information content (AvgIpc) is 2.26. The standard InChI is InChI=1S/C12H22N4/c1-4-5-9(2)8-12(16-13)11-6-7-14-10(3)15-11/h6-7,9,12,16H,4-5,8,13H2,1-3H3. The van der Waals surface area contributed by atoms with E-state index < -0.39 is 0 Å². The number of hydrogen-bond acceptors (Lipinski definition) is 4. The molecule has 0 spiro atoms. The molecule has 2 unspecified atom stereocenters. The number of aromatic nitrogens is 2. The molecule has 0 saturated heterocycles.